The van der Waals surface area contributed by atoms with E-state index in [1.807, 2.05) is 36.1 Å². The summed E-state index contributed by atoms with van der Waals surface area (Å²) < 4.78 is 20.0. The van der Waals surface area contributed by atoms with Gasteiger partial charge >= 0.3 is 5.97 Å². The smallest absolute Gasteiger partial charge is 0.307 e. The number of benzene rings is 2. The second-order valence-corrected chi connectivity index (χ2v) is 10.2. The van der Waals surface area contributed by atoms with Crippen LogP contribution in [-0.4, -0.2) is 65.5 Å². The minimum absolute atomic E-state index is 0.0116. The monoisotopic (exact) mass is 587 g/mol. The van der Waals surface area contributed by atoms with Gasteiger partial charge in [0.05, 0.1) is 35.8 Å². The van der Waals surface area contributed by atoms with Gasteiger partial charge in [-0.25, -0.2) is 4.39 Å². The second-order valence-electron chi connectivity index (χ2n) is 9.82. The molecular formula is C29H35ClFN5O5. The number of nitrogens with two attached hydrogens (primary N) is 1. The minimum atomic E-state index is -0.507. The van der Waals surface area contributed by atoms with Gasteiger partial charge in [0.1, 0.15) is 18.6 Å². The molecule has 1 saturated carbocycles. The molecule has 2 amide bonds. The zero-order chi connectivity index (χ0) is 30.1. The Labute approximate surface area is 242 Å². The fraction of sp³-hybridized carbons (Fsp3) is 0.414. The van der Waals surface area contributed by atoms with E-state index >= 15 is 0 Å². The fourth-order valence-corrected chi connectivity index (χ4v) is 5.78. The van der Waals surface area contributed by atoms with Gasteiger partial charge in [0.25, 0.3) is 0 Å². The number of amides is 2. The highest BCUT2D eigenvalue weighted by molar-refractivity contribution is 6.30. The Kier molecular flexibility index (Phi) is 11.4. The number of carbonyl (C=O) groups excluding carboxylic acids is 4. The molecular weight excluding hydrogens is 553 g/mol. The van der Waals surface area contributed by atoms with E-state index in [9.17, 15) is 18.8 Å². The summed E-state index contributed by atoms with van der Waals surface area (Å²) in [6.07, 6.45) is 4.34. The van der Waals surface area contributed by atoms with E-state index in [4.69, 9.17) is 16.4 Å². The summed E-state index contributed by atoms with van der Waals surface area (Å²) in [4.78, 5) is 45.6. The number of aromatic nitrogens is 2. The van der Waals surface area contributed by atoms with E-state index in [0.717, 1.165) is 42.1 Å². The lowest BCUT2D eigenvalue weighted by Crippen LogP contribution is -2.47. The first-order chi connectivity index (χ1) is 19.7. The van der Waals surface area contributed by atoms with Crippen molar-refractivity contribution in [2.45, 2.75) is 57.3 Å². The molecule has 2 aliphatic rings. The Hall–Kier alpha value is -3.83. The highest BCUT2D eigenvalue weighted by Gasteiger charge is 2.47. The number of aryl methyl sites for hydroxylation is 1. The molecule has 2 heterocycles. The lowest BCUT2D eigenvalue weighted by Gasteiger charge is -2.32. The van der Waals surface area contributed by atoms with E-state index < -0.39 is 17.8 Å². The molecule has 10 nitrogen and oxygen atoms in total. The molecule has 5 rings (SSSR count). The van der Waals surface area contributed by atoms with Crippen LogP contribution in [0.2, 0.25) is 5.02 Å². The first-order valence-corrected chi connectivity index (χ1v) is 13.6. The van der Waals surface area contributed by atoms with Gasteiger partial charge in [-0.15, -0.1) is 0 Å². The van der Waals surface area contributed by atoms with Crippen molar-refractivity contribution in [2.24, 2.45) is 11.7 Å². The quantitative estimate of drug-likeness (QED) is 0.319. The minimum Gasteiger partial charge on any atom is -0.469 e. The van der Waals surface area contributed by atoms with Crippen molar-refractivity contribution in [3.8, 4) is 0 Å². The third-order valence-electron chi connectivity index (χ3n) is 7.50. The predicted octanol–water partition coefficient (Wildman–Crippen LogP) is 3.33. The zero-order valence-corrected chi connectivity index (χ0v) is 24.0. The van der Waals surface area contributed by atoms with Crippen molar-refractivity contribution in [1.82, 2.24) is 20.0 Å². The van der Waals surface area contributed by atoms with Crippen molar-refractivity contribution in [2.75, 3.05) is 14.2 Å². The van der Waals surface area contributed by atoms with Crippen LogP contribution in [0.25, 0.3) is 10.9 Å². The van der Waals surface area contributed by atoms with Gasteiger partial charge in [-0.1, -0.05) is 41.9 Å². The number of ether oxygens (including phenoxy) is 1. The summed E-state index contributed by atoms with van der Waals surface area (Å²) in [6, 6.07) is 12.2. The maximum absolute atomic E-state index is 13.7. The number of rotatable bonds is 7. The normalized spacial score (nSPS) is 19.4. The molecule has 2 bridgehead atoms. The molecule has 2 aromatic carbocycles. The van der Waals surface area contributed by atoms with Crippen molar-refractivity contribution in [3.63, 3.8) is 0 Å². The fourth-order valence-electron chi connectivity index (χ4n) is 5.60. The first-order valence-electron chi connectivity index (χ1n) is 13.2. The summed E-state index contributed by atoms with van der Waals surface area (Å²) >= 11 is 5.67. The van der Waals surface area contributed by atoms with Gasteiger partial charge in [-0.3, -0.25) is 19.1 Å². The third-order valence-corrected chi connectivity index (χ3v) is 7.79. The lowest BCUT2D eigenvalue weighted by molar-refractivity contribution is -0.141. The highest BCUT2D eigenvalue weighted by Crippen LogP contribution is 2.41. The Morgan fingerprint density at radius 2 is 1.93 bits per heavy atom. The molecule has 1 aliphatic carbocycles. The second kappa shape index (κ2) is 14.7. The van der Waals surface area contributed by atoms with Gasteiger partial charge in [0, 0.05) is 23.0 Å². The number of primary amides is 1. The standard InChI is InChI=1S/C17H19N3O2.C11H13ClFNO2.CH3NO/c1-11-14-4-2-3-5-15(14)19(18-11)9-17(22)20-13-7-6-12(8-13)16(20)10-21;1-14-9(6-10(15)16-2)7-4-3-5-8(12)11(7)13;2-1-3/h2-5,10,12-13,16H,6-9H2,1H3;3-5,9,14H,6H2,1-2H3;1H,(H2,2,3). The van der Waals surface area contributed by atoms with Crippen LogP contribution >= 0.6 is 11.6 Å². The van der Waals surface area contributed by atoms with Crippen LogP contribution in [0.15, 0.2) is 42.5 Å². The number of hydrogen-bond donors (Lipinski definition) is 2. The SMILES string of the molecule is CNC(CC(=O)OC)c1cccc(Cl)c1F.Cc1nn(CC(=O)N2C3CCC(C3)C2C=O)c2ccccc12.NC=O. The van der Waals surface area contributed by atoms with E-state index in [0.29, 0.717) is 11.5 Å². The van der Waals surface area contributed by atoms with Crippen LogP contribution in [0.1, 0.15) is 43.0 Å². The molecule has 4 unspecified atom stereocenters. The maximum Gasteiger partial charge on any atom is 0.307 e. The molecule has 1 saturated heterocycles. The molecule has 0 radical (unpaired) electrons. The molecule has 4 atom stereocenters. The Morgan fingerprint density at radius 1 is 1.22 bits per heavy atom. The summed E-state index contributed by atoms with van der Waals surface area (Å²) in [5, 5.41) is 8.47. The summed E-state index contributed by atoms with van der Waals surface area (Å²) in [5.41, 5.74) is 6.43. The topological polar surface area (TPSA) is 137 Å². The van der Waals surface area contributed by atoms with Crippen LogP contribution in [0.4, 0.5) is 4.39 Å². The molecule has 1 aromatic heterocycles. The molecule has 220 valence electrons. The number of esters is 1. The van der Waals surface area contributed by atoms with Crippen LogP contribution in [0.3, 0.4) is 0 Å². The third kappa shape index (κ3) is 7.28. The first kappa shape index (κ1) is 31.7. The Balaban J connectivity index is 0.000000216. The average molecular weight is 588 g/mol. The summed E-state index contributed by atoms with van der Waals surface area (Å²) in [6.45, 7) is 2.16. The number of piperidine rings is 1. The van der Waals surface area contributed by atoms with Crippen molar-refractivity contribution in [1.29, 1.82) is 0 Å². The molecule has 2 fully saturated rings. The number of aldehydes is 1. The van der Waals surface area contributed by atoms with E-state index in [1.165, 1.54) is 13.2 Å². The Morgan fingerprint density at radius 3 is 2.59 bits per heavy atom. The van der Waals surface area contributed by atoms with Gasteiger partial charge in [0.2, 0.25) is 12.3 Å². The number of nitrogens with zero attached hydrogens (tertiary/aromatic N) is 3. The zero-order valence-electron chi connectivity index (χ0n) is 23.3. The van der Waals surface area contributed by atoms with Gasteiger partial charge in [-0.05, 0) is 51.3 Å². The van der Waals surface area contributed by atoms with Crippen molar-refractivity contribution < 1.29 is 28.3 Å². The van der Waals surface area contributed by atoms with Gasteiger partial charge < -0.3 is 25.5 Å². The molecule has 41 heavy (non-hydrogen) atoms. The number of nitrogens with one attached hydrogen (secondary N) is 1. The van der Waals surface area contributed by atoms with E-state index in [2.05, 4.69) is 20.9 Å². The summed E-state index contributed by atoms with van der Waals surface area (Å²) in [5.74, 6) is -0.536. The molecule has 1 aliphatic heterocycles. The molecule has 0 spiro atoms. The largest absolute Gasteiger partial charge is 0.469 e. The van der Waals surface area contributed by atoms with Gasteiger partial charge in [0.15, 0.2) is 0 Å². The number of carbonyl (C=O) groups is 4. The van der Waals surface area contributed by atoms with Crippen LogP contribution in [-0.2, 0) is 30.5 Å². The number of para-hydroxylation sites is 1. The average Bonchev–Trinajstić information content (AvgIpc) is 3.68. The van der Waals surface area contributed by atoms with Crippen LogP contribution in [0.5, 0.6) is 0 Å². The molecule has 3 N–H and O–H groups in total. The van der Waals surface area contributed by atoms with E-state index in [-0.39, 0.29) is 42.4 Å². The molecule has 12 heteroatoms. The summed E-state index contributed by atoms with van der Waals surface area (Å²) in [7, 11) is 2.94. The number of halogens is 2. The lowest BCUT2D eigenvalue weighted by atomic mass is 10.00. The van der Waals surface area contributed by atoms with Crippen LogP contribution < -0.4 is 11.1 Å². The van der Waals surface area contributed by atoms with E-state index in [1.54, 1.807) is 23.9 Å². The van der Waals surface area contributed by atoms with Gasteiger partial charge in [-0.2, -0.15) is 5.10 Å². The van der Waals surface area contributed by atoms with Crippen molar-refractivity contribution in [3.05, 3.63) is 64.6 Å². The number of fused-ring (bicyclic) bond motifs is 3. The number of methoxy groups -OCH3 is 1. The molecule has 3 aromatic rings. The van der Waals surface area contributed by atoms with Crippen molar-refractivity contribution >= 4 is 47.1 Å². The van der Waals surface area contributed by atoms with Crippen LogP contribution in [0, 0.1) is 18.7 Å². The highest BCUT2D eigenvalue weighted by atomic mass is 35.5. The number of likely N-dealkylation sites (tertiary alicyclic amines) is 1. The predicted molar refractivity (Wildman–Crippen MR) is 152 cm³/mol. The number of hydrogen-bond acceptors (Lipinski definition) is 7. The Bertz CT molecular complexity index is 1380. The maximum atomic E-state index is 13.7.